The third-order valence-electron chi connectivity index (χ3n) is 4.58. The summed E-state index contributed by atoms with van der Waals surface area (Å²) in [6, 6.07) is 7.77. The lowest BCUT2D eigenvalue weighted by molar-refractivity contribution is 0.101. The zero-order valence-corrected chi connectivity index (χ0v) is 16.2. The van der Waals surface area contributed by atoms with Crippen LogP contribution in [0, 0.1) is 26.6 Å². The van der Waals surface area contributed by atoms with Gasteiger partial charge in [-0.1, -0.05) is 12.1 Å². The zero-order valence-electron chi connectivity index (χ0n) is 16.2. The van der Waals surface area contributed by atoms with Gasteiger partial charge in [0.15, 0.2) is 0 Å². The van der Waals surface area contributed by atoms with Crippen molar-refractivity contribution in [3.8, 4) is 0 Å². The number of carbonyl (C=O) groups is 2. The summed E-state index contributed by atoms with van der Waals surface area (Å²) in [5.41, 5.74) is 8.61. The molecular weight excluding hydrogens is 373 g/mol. The minimum atomic E-state index is -0.598. The van der Waals surface area contributed by atoms with Crippen LogP contribution in [0.5, 0.6) is 0 Å². The number of anilines is 3. The van der Waals surface area contributed by atoms with Gasteiger partial charge in [-0.25, -0.2) is 14.4 Å². The van der Waals surface area contributed by atoms with E-state index in [9.17, 15) is 14.0 Å². The summed E-state index contributed by atoms with van der Waals surface area (Å²) in [6.45, 7) is 5.27. The van der Waals surface area contributed by atoms with E-state index in [4.69, 9.17) is 5.73 Å². The summed E-state index contributed by atoms with van der Waals surface area (Å²) >= 11 is 0. The molecule has 3 aromatic rings. The maximum absolute atomic E-state index is 14.2. The van der Waals surface area contributed by atoms with Crippen LogP contribution in [0.3, 0.4) is 0 Å². The van der Waals surface area contributed by atoms with Crippen molar-refractivity contribution in [3.05, 3.63) is 76.4 Å². The molecule has 2 aromatic carbocycles. The van der Waals surface area contributed by atoms with Crippen LogP contribution < -0.4 is 16.4 Å². The molecule has 0 spiro atoms. The lowest BCUT2D eigenvalue weighted by Gasteiger charge is -2.13. The van der Waals surface area contributed by atoms with Gasteiger partial charge in [0.05, 0.1) is 23.6 Å². The molecule has 0 saturated heterocycles. The van der Waals surface area contributed by atoms with Crippen molar-refractivity contribution < 1.29 is 14.0 Å². The van der Waals surface area contributed by atoms with Crippen molar-refractivity contribution in [1.82, 2.24) is 9.97 Å². The maximum Gasteiger partial charge on any atom is 0.258 e. The molecule has 148 valence electrons. The minimum Gasteiger partial charge on any atom is -0.368 e. The van der Waals surface area contributed by atoms with Gasteiger partial charge in [-0.05, 0) is 55.7 Å². The quantitative estimate of drug-likeness (QED) is 0.627. The number of nitrogens with one attached hydrogen (secondary N) is 2. The molecule has 0 unspecified atom stereocenters. The fraction of sp³-hybridized carbons (Fsp3) is 0.143. The van der Waals surface area contributed by atoms with E-state index in [-0.39, 0.29) is 11.5 Å². The van der Waals surface area contributed by atoms with Crippen molar-refractivity contribution in [2.75, 3.05) is 16.4 Å². The second-order valence-electron chi connectivity index (χ2n) is 6.63. The Morgan fingerprint density at radius 3 is 2.21 bits per heavy atom. The van der Waals surface area contributed by atoms with Gasteiger partial charge in [0.1, 0.15) is 5.82 Å². The van der Waals surface area contributed by atoms with Crippen molar-refractivity contribution in [1.29, 1.82) is 0 Å². The molecule has 29 heavy (non-hydrogen) atoms. The highest BCUT2D eigenvalue weighted by Gasteiger charge is 2.18. The number of benzene rings is 2. The van der Waals surface area contributed by atoms with Gasteiger partial charge in [-0.3, -0.25) is 9.59 Å². The Morgan fingerprint density at radius 2 is 1.52 bits per heavy atom. The zero-order chi connectivity index (χ0) is 21.1. The molecule has 0 aliphatic carbocycles. The smallest absolute Gasteiger partial charge is 0.258 e. The second-order valence-corrected chi connectivity index (χ2v) is 6.63. The molecule has 1 heterocycles. The third kappa shape index (κ3) is 4.37. The van der Waals surface area contributed by atoms with Gasteiger partial charge < -0.3 is 16.4 Å². The SMILES string of the molecule is Cc1ccc(NC(=O)c2c(F)ccc(C)c2C)cc1C(=O)Nc1cnc(N)nc1. The molecule has 7 nitrogen and oxygen atoms in total. The Labute approximate surface area is 167 Å². The Morgan fingerprint density at radius 1 is 0.897 bits per heavy atom. The normalized spacial score (nSPS) is 10.5. The largest absolute Gasteiger partial charge is 0.368 e. The minimum absolute atomic E-state index is 0.0180. The van der Waals surface area contributed by atoms with Gasteiger partial charge in [0, 0.05) is 11.3 Å². The number of carbonyl (C=O) groups excluding carboxylic acids is 2. The number of nitrogens with zero attached hydrogens (tertiary/aromatic N) is 2. The fourth-order valence-corrected chi connectivity index (χ4v) is 2.80. The van der Waals surface area contributed by atoms with Crippen LogP contribution in [0.2, 0.25) is 0 Å². The van der Waals surface area contributed by atoms with Crippen molar-refractivity contribution in [3.63, 3.8) is 0 Å². The number of hydrogen-bond donors (Lipinski definition) is 3. The summed E-state index contributed by atoms with van der Waals surface area (Å²) in [7, 11) is 0. The lowest BCUT2D eigenvalue weighted by Crippen LogP contribution is -2.18. The number of amides is 2. The Hall–Kier alpha value is -3.81. The van der Waals surface area contributed by atoms with Crippen LogP contribution in [-0.2, 0) is 0 Å². The Bertz CT molecular complexity index is 1100. The number of rotatable bonds is 4. The van der Waals surface area contributed by atoms with E-state index in [1.54, 1.807) is 39.0 Å². The van der Waals surface area contributed by atoms with E-state index < -0.39 is 17.6 Å². The summed E-state index contributed by atoms with van der Waals surface area (Å²) in [5, 5.41) is 5.33. The number of nitrogen functional groups attached to an aromatic ring is 1. The van der Waals surface area contributed by atoms with Crippen molar-refractivity contribution >= 4 is 29.1 Å². The van der Waals surface area contributed by atoms with Crippen LogP contribution >= 0.6 is 0 Å². The van der Waals surface area contributed by atoms with Crippen LogP contribution in [0.25, 0.3) is 0 Å². The number of aryl methyl sites for hydroxylation is 2. The average Bonchev–Trinajstić information content (AvgIpc) is 2.68. The van der Waals surface area contributed by atoms with Gasteiger partial charge >= 0.3 is 0 Å². The van der Waals surface area contributed by atoms with Gasteiger partial charge in [-0.15, -0.1) is 0 Å². The summed E-state index contributed by atoms with van der Waals surface area (Å²) < 4.78 is 14.2. The van der Waals surface area contributed by atoms with E-state index in [1.807, 2.05) is 0 Å². The molecule has 0 saturated carbocycles. The van der Waals surface area contributed by atoms with E-state index in [1.165, 1.54) is 24.5 Å². The molecule has 0 aliphatic rings. The molecule has 0 atom stereocenters. The van der Waals surface area contributed by atoms with Crippen molar-refractivity contribution in [2.24, 2.45) is 0 Å². The summed E-state index contributed by atoms with van der Waals surface area (Å²) in [6.07, 6.45) is 2.79. The number of halogens is 1. The first-order chi connectivity index (χ1) is 13.8. The number of nitrogens with two attached hydrogens (primary N) is 1. The molecule has 1 aromatic heterocycles. The molecule has 8 heteroatoms. The molecular formula is C21H20FN5O2. The van der Waals surface area contributed by atoms with E-state index in [0.29, 0.717) is 28.1 Å². The molecule has 0 aliphatic heterocycles. The standard InChI is InChI=1S/C21H20FN5O2/c1-11-5-7-17(22)18(13(11)3)20(29)26-14-6-4-12(2)16(8-14)19(28)27-15-9-24-21(23)25-10-15/h4-10H,1-3H3,(H,26,29)(H,27,28)(H2,23,24,25). The van der Waals surface area contributed by atoms with Crippen LogP contribution in [0.4, 0.5) is 21.7 Å². The maximum atomic E-state index is 14.2. The first kappa shape index (κ1) is 19.9. The summed E-state index contributed by atoms with van der Waals surface area (Å²) in [4.78, 5) is 32.9. The summed E-state index contributed by atoms with van der Waals surface area (Å²) in [5.74, 6) is -1.47. The van der Waals surface area contributed by atoms with Crippen LogP contribution in [0.15, 0.2) is 42.7 Å². The van der Waals surface area contributed by atoms with E-state index >= 15 is 0 Å². The average molecular weight is 393 g/mol. The highest BCUT2D eigenvalue weighted by molar-refractivity contribution is 6.08. The topological polar surface area (TPSA) is 110 Å². The number of hydrogen-bond acceptors (Lipinski definition) is 5. The number of aromatic nitrogens is 2. The predicted molar refractivity (Wildman–Crippen MR) is 109 cm³/mol. The van der Waals surface area contributed by atoms with E-state index in [2.05, 4.69) is 20.6 Å². The van der Waals surface area contributed by atoms with Gasteiger partial charge in [0.2, 0.25) is 5.95 Å². The third-order valence-corrected chi connectivity index (χ3v) is 4.58. The van der Waals surface area contributed by atoms with E-state index in [0.717, 1.165) is 5.56 Å². The van der Waals surface area contributed by atoms with Gasteiger partial charge in [-0.2, -0.15) is 0 Å². The molecule has 3 rings (SSSR count). The first-order valence-electron chi connectivity index (χ1n) is 8.83. The van der Waals surface area contributed by atoms with Crippen LogP contribution in [-0.4, -0.2) is 21.8 Å². The predicted octanol–water partition coefficient (Wildman–Crippen LogP) is 3.63. The highest BCUT2D eigenvalue weighted by atomic mass is 19.1. The second kappa shape index (κ2) is 8.05. The molecule has 0 fully saturated rings. The lowest BCUT2D eigenvalue weighted by atomic mass is 10.0. The Balaban J connectivity index is 1.84. The molecule has 0 radical (unpaired) electrons. The van der Waals surface area contributed by atoms with Crippen molar-refractivity contribution in [2.45, 2.75) is 20.8 Å². The molecule has 4 N–H and O–H groups in total. The molecule has 2 amide bonds. The Kier molecular flexibility index (Phi) is 5.54. The first-order valence-corrected chi connectivity index (χ1v) is 8.83. The molecule has 0 bridgehead atoms. The monoisotopic (exact) mass is 393 g/mol. The fourth-order valence-electron chi connectivity index (χ4n) is 2.80. The van der Waals surface area contributed by atoms with Gasteiger partial charge in [0.25, 0.3) is 11.8 Å². The van der Waals surface area contributed by atoms with Crippen LogP contribution in [0.1, 0.15) is 37.4 Å². The highest BCUT2D eigenvalue weighted by Crippen LogP contribution is 2.21.